The Labute approximate surface area is 176 Å². The Morgan fingerprint density at radius 2 is 2.14 bits per heavy atom. The first-order valence-corrected chi connectivity index (χ1v) is 10.9. The number of hydrogen-bond acceptors (Lipinski definition) is 6. The first-order valence-electron chi connectivity index (χ1n) is 10.0. The number of aryl methyl sites for hydroxylation is 1. The molecule has 2 rings (SSSR count). The number of unbranched alkanes of at least 4 members (excludes halogenated alkanes) is 1. The number of carbonyl (C=O) groups is 1. The van der Waals surface area contributed by atoms with Crippen LogP contribution in [0.25, 0.3) is 0 Å². The molecule has 1 saturated carbocycles. The summed E-state index contributed by atoms with van der Waals surface area (Å²) in [6, 6.07) is 5.80. The minimum atomic E-state index is -0.641. The number of nitriles is 1. The summed E-state index contributed by atoms with van der Waals surface area (Å²) in [4.78, 5) is 12.5. The first-order chi connectivity index (χ1) is 13.9. The van der Waals surface area contributed by atoms with Gasteiger partial charge in [0.2, 0.25) is 5.91 Å². The third kappa shape index (κ3) is 7.75. The van der Waals surface area contributed by atoms with Crippen molar-refractivity contribution in [3.8, 4) is 6.07 Å². The third-order valence-electron chi connectivity index (χ3n) is 5.30. The molecule has 1 aromatic rings. The second-order valence-electron chi connectivity index (χ2n) is 7.55. The number of carbonyl (C=O) groups excluding carboxylic acids is 1. The van der Waals surface area contributed by atoms with Gasteiger partial charge in [0.25, 0.3) is 0 Å². The molecular weight excluding hydrogens is 388 g/mol. The highest BCUT2D eigenvalue weighted by molar-refractivity contribution is 7.12. The minimum absolute atomic E-state index is 0.101. The van der Waals surface area contributed by atoms with E-state index in [-0.39, 0.29) is 17.7 Å². The van der Waals surface area contributed by atoms with Gasteiger partial charge < -0.3 is 21.1 Å². The lowest BCUT2D eigenvalue weighted by molar-refractivity contribution is -0.118. The summed E-state index contributed by atoms with van der Waals surface area (Å²) in [5, 5.41) is 39.7. The lowest BCUT2D eigenvalue weighted by Crippen LogP contribution is -2.20. The first kappa shape index (κ1) is 23.3. The van der Waals surface area contributed by atoms with E-state index < -0.39 is 18.3 Å². The van der Waals surface area contributed by atoms with E-state index in [1.165, 1.54) is 11.3 Å². The van der Waals surface area contributed by atoms with Crippen LogP contribution < -0.4 is 5.73 Å². The van der Waals surface area contributed by atoms with E-state index in [0.717, 1.165) is 11.3 Å². The summed E-state index contributed by atoms with van der Waals surface area (Å²) in [7, 11) is 0. The van der Waals surface area contributed by atoms with Crippen LogP contribution in [0.3, 0.4) is 0 Å². The van der Waals surface area contributed by atoms with Crippen LogP contribution in [-0.2, 0) is 11.2 Å². The number of aliphatic hydroxyl groups is 3. The molecule has 1 aliphatic carbocycles. The van der Waals surface area contributed by atoms with Crippen LogP contribution in [0, 0.1) is 23.2 Å². The van der Waals surface area contributed by atoms with E-state index in [4.69, 9.17) is 11.0 Å². The predicted molar refractivity (Wildman–Crippen MR) is 113 cm³/mol. The van der Waals surface area contributed by atoms with E-state index in [1.54, 1.807) is 12.1 Å². The van der Waals surface area contributed by atoms with Crippen molar-refractivity contribution in [1.82, 2.24) is 0 Å². The van der Waals surface area contributed by atoms with Crippen molar-refractivity contribution in [2.24, 2.45) is 17.6 Å². The number of thiophene rings is 1. The van der Waals surface area contributed by atoms with Crippen LogP contribution in [0.5, 0.6) is 0 Å². The number of amides is 1. The average molecular weight is 419 g/mol. The molecular formula is C22H30N2O4S. The standard InChI is InChI=1S/C22H30N2O4S/c23-14-17-11-10-16(29-17)9-7-15(25)8-12-19-18(20(26)13-21(19)27)5-3-1-2-4-6-22(24)28/h1,3,8,10-12,15,18-21,25-27H,2,4-7,9,13H2,(H2,24,28)/b3-1-,12-8+/t15-,18+,19+,20-,21+/m0/s1. The molecule has 0 unspecified atom stereocenters. The number of allylic oxidation sites excluding steroid dienone is 2. The van der Waals surface area contributed by atoms with Crippen molar-refractivity contribution in [3.63, 3.8) is 0 Å². The van der Waals surface area contributed by atoms with E-state index in [9.17, 15) is 20.1 Å². The molecule has 1 fully saturated rings. The second kappa shape index (κ2) is 11.9. The van der Waals surface area contributed by atoms with Crippen LogP contribution in [0.15, 0.2) is 36.4 Å². The molecule has 1 amide bonds. The number of rotatable bonds is 11. The van der Waals surface area contributed by atoms with Crippen molar-refractivity contribution < 1.29 is 20.1 Å². The lowest BCUT2D eigenvalue weighted by atomic mass is 9.89. The molecule has 158 valence electrons. The van der Waals surface area contributed by atoms with E-state index >= 15 is 0 Å². The maximum absolute atomic E-state index is 10.7. The topological polar surface area (TPSA) is 128 Å². The monoisotopic (exact) mass is 418 g/mol. The lowest BCUT2D eigenvalue weighted by Gasteiger charge is -2.19. The largest absolute Gasteiger partial charge is 0.393 e. The summed E-state index contributed by atoms with van der Waals surface area (Å²) in [5.41, 5.74) is 5.11. The van der Waals surface area contributed by atoms with E-state index in [0.29, 0.717) is 43.4 Å². The van der Waals surface area contributed by atoms with Gasteiger partial charge >= 0.3 is 0 Å². The van der Waals surface area contributed by atoms with Gasteiger partial charge in [0.1, 0.15) is 10.9 Å². The maximum atomic E-state index is 10.7. The van der Waals surface area contributed by atoms with Crippen molar-refractivity contribution in [1.29, 1.82) is 5.26 Å². The summed E-state index contributed by atoms with van der Waals surface area (Å²) in [6.45, 7) is 0. The molecule has 1 heterocycles. The summed E-state index contributed by atoms with van der Waals surface area (Å²) in [6.07, 6.45) is 9.65. The third-order valence-corrected chi connectivity index (χ3v) is 6.35. The van der Waals surface area contributed by atoms with Crippen molar-refractivity contribution in [2.45, 2.75) is 63.3 Å². The molecule has 7 heteroatoms. The Morgan fingerprint density at radius 1 is 1.34 bits per heavy atom. The van der Waals surface area contributed by atoms with Crippen LogP contribution in [0.1, 0.15) is 48.3 Å². The molecule has 0 saturated heterocycles. The number of nitrogens with zero attached hydrogens (tertiary/aromatic N) is 1. The quantitative estimate of drug-likeness (QED) is 0.324. The van der Waals surface area contributed by atoms with Crippen LogP contribution in [0.2, 0.25) is 0 Å². The van der Waals surface area contributed by atoms with Gasteiger partial charge in [0, 0.05) is 23.6 Å². The normalized spacial score (nSPS) is 25.6. The molecule has 0 radical (unpaired) electrons. The average Bonchev–Trinajstić information content (AvgIpc) is 3.25. The van der Waals surface area contributed by atoms with Crippen LogP contribution in [-0.4, -0.2) is 39.5 Å². The highest BCUT2D eigenvalue weighted by Gasteiger charge is 2.39. The zero-order chi connectivity index (χ0) is 21.2. The molecule has 6 nitrogen and oxygen atoms in total. The smallest absolute Gasteiger partial charge is 0.217 e. The fourth-order valence-electron chi connectivity index (χ4n) is 3.69. The van der Waals surface area contributed by atoms with Gasteiger partial charge in [0.15, 0.2) is 0 Å². The molecule has 5 N–H and O–H groups in total. The molecule has 0 bridgehead atoms. The molecule has 0 aromatic carbocycles. The van der Waals surface area contributed by atoms with Crippen LogP contribution >= 0.6 is 11.3 Å². The zero-order valence-electron chi connectivity index (χ0n) is 16.5. The molecule has 5 atom stereocenters. The Balaban J connectivity index is 1.82. The molecule has 0 aliphatic heterocycles. The van der Waals surface area contributed by atoms with Gasteiger partial charge in [-0.1, -0.05) is 24.3 Å². The summed E-state index contributed by atoms with van der Waals surface area (Å²) in [5.74, 6) is -0.612. The number of hydrogen-bond donors (Lipinski definition) is 4. The highest BCUT2D eigenvalue weighted by atomic mass is 32.1. The highest BCUT2D eigenvalue weighted by Crippen LogP contribution is 2.36. The molecule has 0 spiro atoms. The molecule has 1 aliphatic rings. The van der Waals surface area contributed by atoms with Gasteiger partial charge in [-0.15, -0.1) is 11.3 Å². The van der Waals surface area contributed by atoms with E-state index in [2.05, 4.69) is 6.07 Å². The van der Waals surface area contributed by atoms with Gasteiger partial charge in [-0.05, 0) is 50.2 Å². The maximum Gasteiger partial charge on any atom is 0.217 e. The summed E-state index contributed by atoms with van der Waals surface area (Å²) >= 11 is 1.43. The van der Waals surface area contributed by atoms with Gasteiger partial charge in [-0.3, -0.25) is 4.79 Å². The fourth-order valence-corrected chi connectivity index (χ4v) is 4.51. The minimum Gasteiger partial charge on any atom is -0.393 e. The zero-order valence-corrected chi connectivity index (χ0v) is 17.3. The second-order valence-corrected chi connectivity index (χ2v) is 8.71. The van der Waals surface area contributed by atoms with Gasteiger partial charge in [-0.25, -0.2) is 0 Å². The Bertz CT molecular complexity index is 752. The Morgan fingerprint density at radius 3 is 2.83 bits per heavy atom. The SMILES string of the molecule is N#Cc1ccc(CC[C@H](O)/C=C/[C@@H]2[C@@H](C/C=C\CCCC(N)=O)[C@@H](O)C[C@H]2O)s1. The molecule has 29 heavy (non-hydrogen) atoms. The van der Waals surface area contributed by atoms with E-state index in [1.807, 2.05) is 24.3 Å². The Hall–Kier alpha value is -1.98. The number of nitrogens with two attached hydrogens (primary N) is 1. The van der Waals surface area contributed by atoms with Gasteiger partial charge in [-0.2, -0.15) is 5.26 Å². The molecule has 1 aromatic heterocycles. The number of primary amides is 1. The van der Waals surface area contributed by atoms with Crippen LogP contribution in [0.4, 0.5) is 0 Å². The van der Waals surface area contributed by atoms with Crippen molar-refractivity contribution in [2.75, 3.05) is 0 Å². The Kier molecular flexibility index (Phi) is 9.55. The fraction of sp³-hybridized carbons (Fsp3) is 0.545. The summed E-state index contributed by atoms with van der Waals surface area (Å²) < 4.78 is 0. The predicted octanol–water partition coefficient (Wildman–Crippen LogP) is 2.43. The number of aliphatic hydroxyl groups excluding tert-OH is 3. The van der Waals surface area contributed by atoms with Crippen molar-refractivity contribution >= 4 is 17.2 Å². The van der Waals surface area contributed by atoms with Crippen molar-refractivity contribution in [3.05, 3.63) is 46.2 Å². The van der Waals surface area contributed by atoms with Gasteiger partial charge in [0.05, 0.1) is 18.3 Å².